The lowest BCUT2D eigenvalue weighted by atomic mass is 10.2. The molecule has 0 aromatic heterocycles. The highest BCUT2D eigenvalue weighted by Crippen LogP contribution is 2.24. The van der Waals surface area contributed by atoms with Crippen molar-refractivity contribution in [2.45, 2.75) is 13.0 Å². The van der Waals surface area contributed by atoms with Crippen molar-refractivity contribution in [1.82, 2.24) is 0 Å². The lowest BCUT2D eigenvalue weighted by molar-refractivity contribution is 0.599. The predicted octanol–water partition coefficient (Wildman–Crippen LogP) is -0.000100. The third kappa shape index (κ3) is 2.73. The van der Waals surface area contributed by atoms with Crippen molar-refractivity contribution in [2.24, 2.45) is 16.5 Å². The van der Waals surface area contributed by atoms with Crippen LogP contribution in [0.3, 0.4) is 0 Å². The number of hydrogen-bond acceptors (Lipinski definition) is 3. The van der Waals surface area contributed by atoms with E-state index in [9.17, 15) is 8.42 Å². The van der Waals surface area contributed by atoms with Crippen molar-refractivity contribution in [3.05, 3.63) is 29.8 Å². The van der Waals surface area contributed by atoms with Gasteiger partial charge in [0.1, 0.15) is 0 Å². The lowest BCUT2D eigenvalue weighted by Crippen LogP contribution is -2.25. The molecular formula is C11H16N4O2S. The van der Waals surface area contributed by atoms with Crippen molar-refractivity contribution >= 4 is 21.7 Å². The summed E-state index contributed by atoms with van der Waals surface area (Å²) in [5.74, 6) is 0.236. The van der Waals surface area contributed by atoms with E-state index in [1.807, 2.05) is 6.07 Å². The minimum absolute atomic E-state index is 0.0224. The smallest absolute Gasteiger partial charge is 0.235 e. The van der Waals surface area contributed by atoms with Crippen molar-refractivity contribution in [3.8, 4) is 0 Å². The lowest BCUT2D eigenvalue weighted by Gasteiger charge is -2.17. The minimum Gasteiger partial charge on any atom is -0.370 e. The summed E-state index contributed by atoms with van der Waals surface area (Å²) in [7, 11) is -3.14. The fourth-order valence-corrected chi connectivity index (χ4v) is 3.48. The number of guanidine groups is 1. The Bertz CT molecular complexity index is 564. The molecule has 2 rings (SSSR count). The van der Waals surface area contributed by atoms with Crippen LogP contribution in [0.4, 0.5) is 5.69 Å². The summed E-state index contributed by atoms with van der Waals surface area (Å²) in [4.78, 5) is 3.90. The summed E-state index contributed by atoms with van der Waals surface area (Å²) in [6, 6.07) is 7.25. The Balaban J connectivity index is 2.25. The summed E-state index contributed by atoms with van der Waals surface area (Å²) in [6.07, 6.45) is 0.667. The number of nitrogens with two attached hydrogens (primary N) is 2. The molecule has 0 aliphatic carbocycles. The van der Waals surface area contributed by atoms with Crippen LogP contribution in [0.15, 0.2) is 29.3 Å². The molecule has 0 spiro atoms. The Morgan fingerprint density at radius 3 is 2.78 bits per heavy atom. The zero-order chi connectivity index (χ0) is 13.2. The zero-order valence-electron chi connectivity index (χ0n) is 9.91. The second-order valence-corrected chi connectivity index (χ2v) is 6.17. The van der Waals surface area contributed by atoms with E-state index in [1.165, 1.54) is 4.31 Å². The van der Waals surface area contributed by atoms with E-state index in [4.69, 9.17) is 11.5 Å². The van der Waals surface area contributed by atoms with Gasteiger partial charge < -0.3 is 11.5 Å². The van der Waals surface area contributed by atoms with Crippen LogP contribution in [0.5, 0.6) is 0 Å². The third-order valence-corrected chi connectivity index (χ3v) is 4.61. The van der Waals surface area contributed by atoms with Crippen molar-refractivity contribution in [1.29, 1.82) is 0 Å². The topological polar surface area (TPSA) is 102 Å². The van der Waals surface area contributed by atoms with Gasteiger partial charge in [0.25, 0.3) is 0 Å². The van der Waals surface area contributed by atoms with Crippen LogP contribution in [0, 0.1) is 0 Å². The molecular weight excluding hydrogens is 252 g/mol. The molecule has 1 aromatic carbocycles. The van der Waals surface area contributed by atoms with Gasteiger partial charge in [0.05, 0.1) is 18.0 Å². The zero-order valence-corrected chi connectivity index (χ0v) is 10.7. The molecule has 18 heavy (non-hydrogen) atoms. The number of anilines is 1. The summed E-state index contributed by atoms with van der Waals surface area (Å²) < 4.78 is 25.0. The number of rotatable bonds is 3. The molecule has 0 amide bonds. The van der Waals surface area contributed by atoms with Crippen LogP contribution in [0.25, 0.3) is 0 Å². The molecule has 4 N–H and O–H groups in total. The molecule has 7 heteroatoms. The van der Waals surface area contributed by atoms with E-state index in [2.05, 4.69) is 4.99 Å². The van der Waals surface area contributed by atoms with Crippen LogP contribution in [-0.4, -0.2) is 26.7 Å². The van der Waals surface area contributed by atoms with E-state index < -0.39 is 10.0 Å². The number of sulfonamides is 1. The van der Waals surface area contributed by atoms with E-state index in [0.717, 1.165) is 5.56 Å². The van der Waals surface area contributed by atoms with Crippen LogP contribution in [0.1, 0.15) is 12.0 Å². The number of nitrogens with zero attached hydrogens (tertiary/aromatic N) is 2. The van der Waals surface area contributed by atoms with Crippen LogP contribution in [0.2, 0.25) is 0 Å². The van der Waals surface area contributed by atoms with E-state index in [-0.39, 0.29) is 11.7 Å². The maximum Gasteiger partial charge on any atom is 0.235 e. The molecule has 0 atom stereocenters. The highest BCUT2D eigenvalue weighted by molar-refractivity contribution is 7.93. The van der Waals surface area contributed by atoms with Crippen LogP contribution < -0.4 is 15.8 Å². The first-order valence-electron chi connectivity index (χ1n) is 5.64. The van der Waals surface area contributed by atoms with Gasteiger partial charge in [-0.15, -0.1) is 0 Å². The van der Waals surface area contributed by atoms with Crippen LogP contribution in [-0.2, 0) is 16.6 Å². The molecule has 1 aromatic rings. The number of benzene rings is 1. The average Bonchev–Trinajstić information content (AvgIpc) is 2.67. The highest BCUT2D eigenvalue weighted by atomic mass is 32.2. The second-order valence-electron chi connectivity index (χ2n) is 4.15. The van der Waals surface area contributed by atoms with E-state index >= 15 is 0 Å². The summed E-state index contributed by atoms with van der Waals surface area (Å²) in [6.45, 7) is 0.887. The van der Waals surface area contributed by atoms with E-state index in [0.29, 0.717) is 25.2 Å². The Labute approximate surface area is 106 Å². The Kier molecular flexibility index (Phi) is 3.42. The van der Waals surface area contributed by atoms with Gasteiger partial charge in [-0.05, 0) is 24.1 Å². The largest absolute Gasteiger partial charge is 0.370 e. The molecule has 0 bridgehead atoms. The maximum absolute atomic E-state index is 11.8. The standard InChI is InChI=1S/C11H16N4O2S/c12-11(13)14-8-9-3-1-4-10(7-9)15-5-2-6-18(15,16)17/h1,3-4,7H,2,5-6,8H2,(H4,12,13,14). The fraction of sp³-hybridized carbons (Fsp3) is 0.364. The average molecular weight is 268 g/mol. The van der Waals surface area contributed by atoms with Crippen molar-refractivity contribution < 1.29 is 8.42 Å². The molecule has 6 nitrogen and oxygen atoms in total. The molecule has 1 heterocycles. The van der Waals surface area contributed by atoms with Gasteiger partial charge in [-0.1, -0.05) is 12.1 Å². The third-order valence-electron chi connectivity index (χ3n) is 2.74. The van der Waals surface area contributed by atoms with Gasteiger partial charge >= 0.3 is 0 Å². The van der Waals surface area contributed by atoms with Gasteiger partial charge in [0.15, 0.2) is 5.96 Å². The molecule has 1 fully saturated rings. The first-order chi connectivity index (χ1) is 8.49. The minimum atomic E-state index is -3.14. The quantitative estimate of drug-likeness (QED) is 0.595. The molecule has 98 valence electrons. The Hall–Kier alpha value is -1.76. The molecule has 0 saturated carbocycles. The van der Waals surface area contributed by atoms with Crippen LogP contribution >= 0.6 is 0 Å². The normalized spacial score (nSPS) is 17.7. The fourth-order valence-electron chi connectivity index (χ4n) is 1.92. The van der Waals surface area contributed by atoms with Crippen molar-refractivity contribution in [2.75, 3.05) is 16.6 Å². The maximum atomic E-state index is 11.8. The SMILES string of the molecule is NC(N)=NCc1cccc(N2CCCS2(=O)=O)c1. The summed E-state index contributed by atoms with van der Waals surface area (Å²) >= 11 is 0. The van der Waals surface area contributed by atoms with Gasteiger partial charge in [0.2, 0.25) is 10.0 Å². The molecule has 0 radical (unpaired) electrons. The second kappa shape index (κ2) is 4.85. The molecule has 1 aliphatic heterocycles. The van der Waals surface area contributed by atoms with Crippen molar-refractivity contribution in [3.63, 3.8) is 0 Å². The molecule has 0 unspecified atom stereocenters. The van der Waals surface area contributed by atoms with Gasteiger partial charge in [-0.25, -0.2) is 13.4 Å². The molecule has 1 saturated heterocycles. The number of hydrogen-bond donors (Lipinski definition) is 2. The predicted molar refractivity (Wildman–Crippen MR) is 71.7 cm³/mol. The first kappa shape index (κ1) is 12.7. The molecule has 1 aliphatic rings. The Morgan fingerprint density at radius 2 is 2.17 bits per heavy atom. The monoisotopic (exact) mass is 268 g/mol. The first-order valence-corrected chi connectivity index (χ1v) is 7.25. The van der Waals surface area contributed by atoms with Gasteiger partial charge in [0, 0.05) is 6.54 Å². The summed E-state index contributed by atoms with van der Waals surface area (Å²) in [5.41, 5.74) is 12.1. The summed E-state index contributed by atoms with van der Waals surface area (Å²) in [5, 5.41) is 0. The number of aliphatic imine (C=N–C) groups is 1. The van der Waals surface area contributed by atoms with Gasteiger partial charge in [-0.3, -0.25) is 4.31 Å². The van der Waals surface area contributed by atoms with E-state index in [1.54, 1.807) is 18.2 Å². The van der Waals surface area contributed by atoms with Gasteiger partial charge in [-0.2, -0.15) is 0 Å². The highest BCUT2D eigenvalue weighted by Gasteiger charge is 2.28. The Morgan fingerprint density at radius 1 is 1.39 bits per heavy atom.